The Kier molecular flexibility index (Phi) is 2.09. The fourth-order valence-electron chi connectivity index (χ4n) is 1.26. The maximum Gasteiger partial charge on any atom is 0.173 e. The molecule has 0 aliphatic carbocycles. The summed E-state index contributed by atoms with van der Waals surface area (Å²) in [6.45, 7) is 0. The topological polar surface area (TPSA) is 12.4 Å². The fourth-order valence-corrected chi connectivity index (χ4v) is 2.07. The van der Waals surface area contributed by atoms with Crippen LogP contribution in [0.5, 0.6) is 0 Å². The Morgan fingerprint density at radius 3 is 2.83 bits per heavy atom. The van der Waals surface area contributed by atoms with Gasteiger partial charge >= 0.3 is 0 Å². The molecule has 0 amide bonds. The SMILES string of the molecule is BrC1(Br)Cc2ccccc2C=N1. The van der Waals surface area contributed by atoms with Crippen LogP contribution >= 0.6 is 31.9 Å². The van der Waals surface area contributed by atoms with E-state index >= 15 is 0 Å². The molecule has 0 saturated carbocycles. The summed E-state index contributed by atoms with van der Waals surface area (Å²) < 4.78 is -0.283. The first kappa shape index (κ1) is 8.45. The van der Waals surface area contributed by atoms with Crippen molar-refractivity contribution in [3.8, 4) is 0 Å². The summed E-state index contributed by atoms with van der Waals surface area (Å²) in [4.78, 5) is 4.31. The second-order valence-corrected chi connectivity index (χ2v) is 6.49. The van der Waals surface area contributed by atoms with Crippen LogP contribution in [0.4, 0.5) is 0 Å². The predicted octanol–water partition coefficient (Wildman–Crippen LogP) is 3.11. The number of hydrogen-bond acceptors (Lipinski definition) is 1. The highest BCUT2D eigenvalue weighted by molar-refractivity contribution is 9.25. The summed E-state index contributed by atoms with van der Waals surface area (Å²) >= 11 is 6.96. The van der Waals surface area contributed by atoms with Crippen molar-refractivity contribution in [1.29, 1.82) is 0 Å². The quantitative estimate of drug-likeness (QED) is 0.514. The van der Waals surface area contributed by atoms with Gasteiger partial charge in [0.2, 0.25) is 0 Å². The van der Waals surface area contributed by atoms with Crippen LogP contribution in [0.1, 0.15) is 11.1 Å². The van der Waals surface area contributed by atoms with Crippen LogP contribution in [0.25, 0.3) is 0 Å². The largest absolute Gasteiger partial charge is 0.262 e. The molecule has 1 aromatic carbocycles. The molecule has 1 aromatic rings. The van der Waals surface area contributed by atoms with Gasteiger partial charge in [0, 0.05) is 12.6 Å². The molecule has 0 bridgehead atoms. The fraction of sp³-hybridized carbons (Fsp3) is 0.222. The lowest BCUT2D eigenvalue weighted by Gasteiger charge is -2.21. The number of alkyl halides is 2. The van der Waals surface area contributed by atoms with Crippen LogP contribution in [0.3, 0.4) is 0 Å². The van der Waals surface area contributed by atoms with E-state index in [9.17, 15) is 0 Å². The number of aliphatic imine (C=N–C) groups is 1. The summed E-state index contributed by atoms with van der Waals surface area (Å²) in [6, 6.07) is 8.28. The molecular formula is C9H7Br2N. The first-order valence-corrected chi connectivity index (χ1v) is 5.27. The molecule has 12 heavy (non-hydrogen) atoms. The molecule has 0 spiro atoms. The van der Waals surface area contributed by atoms with Gasteiger partial charge in [0.1, 0.15) is 0 Å². The molecule has 1 aliphatic rings. The van der Waals surface area contributed by atoms with Gasteiger partial charge in [0.05, 0.1) is 0 Å². The van der Waals surface area contributed by atoms with E-state index in [1.165, 1.54) is 11.1 Å². The second kappa shape index (κ2) is 2.96. The lowest BCUT2D eigenvalue weighted by Crippen LogP contribution is -2.17. The molecule has 0 fully saturated rings. The maximum absolute atomic E-state index is 4.31. The van der Waals surface area contributed by atoms with Crippen LogP contribution in [-0.2, 0) is 6.42 Å². The number of halogens is 2. The van der Waals surface area contributed by atoms with E-state index in [1.807, 2.05) is 18.3 Å². The normalized spacial score (nSPS) is 18.8. The average molecular weight is 289 g/mol. The van der Waals surface area contributed by atoms with Gasteiger partial charge in [-0.2, -0.15) is 0 Å². The highest BCUT2D eigenvalue weighted by atomic mass is 79.9. The van der Waals surface area contributed by atoms with Gasteiger partial charge in [-0.15, -0.1) is 0 Å². The molecule has 0 radical (unpaired) electrons. The van der Waals surface area contributed by atoms with Crippen molar-refractivity contribution in [1.82, 2.24) is 0 Å². The standard InChI is InChI=1S/C9H7Br2N/c10-9(11)5-7-3-1-2-4-8(7)6-12-9/h1-4,6H,5H2. The molecule has 1 aliphatic heterocycles. The van der Waals surface area contributed by atoms with Gasteiger partial charge in [-0.05, 0) is 43.0 Å². The van der Waals surface area contributed by atoms with Crippen molar-refractivity contribution in [2.24, 2.45) is 4.99 Å². The van der Waals surface area contributed by atoms with E-state index in [2.05, 4.69) is 49.0 Å². The molecule has 1 nitrogen and oxygen atoms in total. The van der Waals surface area contributed by atoms with Crippen LogP contribution in [0, 0.1) is 0 Å². The van der Waals surface area contributed by atoms with E-state index in [0.29, 0.717) is 0 Å². The first-order chi connectivity index (χ1) is 5.67. The number of rotatable bonds is 0. The Balaban J connectivity index is 2.46. The molecule has 0 saturated heterocycles. The Bertz CT molecular complexity index is 331. The van der Waals surface area contributed by atoms with Crippen LogP contribution in [0.2, 0.25) is 0 Å². The molecule has 0 unspecified atom stereocenters. The minimum Gasteiger partial charge on any atom is -0.262 e. The molecule has 62 valence electrons. The highest BCUT2D eigenvalue weighted by Gasteiger charge is 2.25. The van der Waals surface area contributed by atoms with E-state index in [-0.39, 0.29) is 3.36 Å². The molecular weight excluding hydrogens is 282 g/mol. The molecule has 0 N–H and O–H groups in total. The zero-order chi connectivity index (χ0) is 8.60. The third-order valence-corrected chi connectivity index (χ3v) is 2.82. The van der Waals surface area contributed by atoms with Crippen molar-refractivity contribution >= 4 is 38.1 Å². The minimum atomic E-state index is -0.283. The monoisotopic (exact) mass is 287 g/mol. The lowest BCUT2D eigenvalue weighted by atomic mass is 10.0. The Morgan fingerprint density at radius 1 is 1.25 bits per heavy atom. The molecule has 0 atom stereocenters. The minimum absolute atomic E-state index is 0.283. The average Bonchev–Trinajstić information content (AvgIpc) is 2.02. The first-order valence-electron chi connectivity index (χ1n) is 3.68. The molecule has 2 rings (SSSR count). The summed E-state index contributed by atoms with van der Waals surface area (Å²) in [6.07, 6.45) is 2.78. The van der Waals surface area contributed by atoms with Crippen molar-refractivity contribution in [2.75, 3.05) is 0 Å². The zero-order valence-electron chi connectivity index (χ0n) is 6.30. The third kappa shape index (κ3) is 1.62. The van der Waals surface area contributed by atoms with Crippen molar-refractivity contribution < 1.29 is 0 Å². The number of nitrogens with zero attached hydrogens (tertiary/aromatic N) is 1. The van der Waals surface area contributed by atoms with Gasteiger partial charge < -0.3 is 0 Å². The summed E-state index contributed by atoms with van der Waals surface area (Å²) in [5.74, 6) is 0. The smallest absolute Gasteiger partial charge is 0.173 e. The van der Waals surface area contributed by atoms with Gasteiger partial charge in [0.25, 0.3) is 0 Å². The van der Waals surface area contributed by atoms with Gasteiger partial charge in [-0.3, -0.25) is 4.99 Å². The van der Waals surface area contributed by atoms with Crippen molar-refractivity contribution in [2.45, 2.75) is 9.78 Å². The van der Waals surface area contributed by atoms with E-state index in [4.69, 9.17) is 0 Å². The predicted molar refractivity (Wildman–Crippen MR) is 58.3 cm³/mol. The number of hydrogen-bond donors (Lipinski definition) is 0. The van der Waals surface area contributed by atoms with Crippen LogP contribution in [0.15, 0.2) is 29.3 Å². The van der Waals surface area contributed by atoms with E-state index in [0.717, 1.165) is 6.42 Å². The molecule has 0 aromatic heterocycles. The summed E-state index contributed by atoms with van der Waals surface area (Å²) in [5.41, 5.74) is 2.54. The van der Waals surface area contributed by atoms with Crippen molar-refractivity contribution in [3.05, 3.63) is 35.4 Å². The molecule has 3 heteroatoms. The van der Waals surface area contributed by atoms with Crippen LogP contribution in [-0.4, -0.2) is 9.57 Å². The van der Waals surface area contributed by atoms with E-state index in [1.54, 1.807) is 0 Å². The molecule has 1 heterocycles. The lowest BCUT2D eigenvalue weighted by molar-refractivity contribution is 0.861. The van der Waals surface area contributed by atoms with E-state index < -0.39 is 0 Å². The maximum atomic E-state index is 4.31. The van der Waals surface area contributed by atoms with Gasteiger partial charge in [-0.1, -0.05) is 24.3 Å². The Hall–Kier alpha value is -0.150. The van der Waals surface area contributed by atoms with Crippen LogP contribution < -0.4 is 0 Å². The van der Waals surface area contributed by atoms with Gasteiger partial charge in [-0.25, -0.2) is 0 Å². The summed E-state index contributed by atoms with van der Waals surface area (Å²) in [7, 11) is 0. The number of fused-ring (bicyclic) bond motifs is 1. The Labute approximate surface area is 88.2 Å². The second-order valence-electron chi connectivity index (χ2n) is 2.80. The third-order valence-electron chi connectivity index (χ3n) is 1.85. The zero-order valence-corrected chi connectivity index (χ0v) is 9.47. The Morgan fingerprint density at radius 2 is 2.00 bits per heavy atom. The summed E-state index contributed by atoms with van der Waals surface area (Å²) in [5, 5.41) is 0. The van der Waals surface area contributed by atoms with Crippen molar-refractivity contribution in [3.63, 3.8) is 0 Å². The highest BCUT2D eigenvalue weighted by Crippen LogP contribution is 2.35. The van der Waals surface area contributed by atoms with Gasteiger partial charge in [0.15, 0.2) is 3.36 Å². The number of benzene rings is 1.